The van der Waals surface area contributed by atoms with Gasteiger partial charge in [-0.1, -0.05) is 11.6 Å². The molecule has 2 N–H and O–H groups in total. The Morgan fingerprint density at radius 2 is 2.29 bits per heavy atom. The van der Waals surface area contributed by atoms with Crippen molar-refractivity contribution >= 4 is 11.6 Å². The van der Waals surface area contributed by atoms with Gasteiger partial charge in [0.15, 0.2) is 0 Å². The zero-order valence-corrected chi connectivity index (χ0v) is 7.72. The van der Waals surface area contributed by atoms with Crippen molar-refractivity contribution < 1.29 is 8.78 Å². The molecule has 0 bridgehead atoms. The van der Waals surface area contributed by atoms with Gasteiger partial charge in [-0.25, -0.2) is 13.8 Å². The van der Waals surface area contributed by atoms with Gasteiger partial charge in [-0.05, 0) is 5.56 Å². The van der Waals surface area contributed by atoms with Crippen LogP contribution in [0.3, 0.4) is 0 Å². The highest BCUT2D eigenvalue weighted by Gasteiger charge is 2.20. The maximum absolute atomic E-state index is 12.5. The first-order chi connectivity index (χ1) is 6.61. The summed E-state index contributed by atoms with van der Waals surface area (Å²) in [5.41, 5.74) is 4.90. The fourth-order valence-electron chi connectivity index (χ4n) is 1.08. The molecule has 1 aromatic heterocycles. The normalized spacial score (nSPS) is 10.3. The SMILES string of the molecule is N#Cc1cnc(Cl)c(C(F)F)c1CN. The van der Waals surface area contributed by atoms with Crippen molar-refractivity contribution in [3.63, 3.8) is 0 Å². The van der Waals surface area contributed by atoms with E-state index in [1.807, 2.05) is 0 Å². The zero-order chi connectivity index (χ0) is 10.7. The summed E-state index contributed by atoms with van der Waals surface area (Å²) in [5.74, 6) is 0. The van der Waals surface area contributed by atoms with Crippen LogP contribution in [0.25, 0.3) is 0 Å². The minimum atomic E-state index is -2.78. The van der Waals surface area contributed by atoms with Crippen LogP contribution in [0.1, 0.15) is 23.1 Å². The Balaban J connectivity index is 3.45. The van der Waals surface area contributed by atoms with Crippen molar-refractivity contribution in [3.8, 4) is 6.07 Å². The molecule has 0 aliphatic carbocycles. The fourth-order valence-corrected chi connectivity index (χ4v) is 1.32. The number of nitrogens with two attached hydrogens (primary N) is 1. The highest BCUT2D eigenvalue weighted by atomic mass is 35.5. The largest absolute Gasteiger partial charge is 0.326 e. The fraction of sp³-hybridized carbons (Fsp3) is 0.250. The van der Waals surface area contributed by atoms with Crippen molar-refractivity contribution in [1.82, 2.24) is 4.98 Å². The smallest absolute Gasteiger partial charge is 0.267 e. The Hall–Kier alpha value is -1.25. The van der Waals surface area contributed by atoms with E-state index in [-0.39, 0.29) is 22.8 Å². The number of nitrogens with zero attached hydrogens (tertiary/aromatic N) is 2. The van der Waals surface area contributed by atoms with Crippen LogP contribution in [0, 0.1) is 11.3 Å². The van der Waals surface area contributed by atoms with Gasteiger partial charge in [0, 0.05) is 12.7 Å². The van der Waals surface area contributed by atoms with E-state index in [9.17, 15) is 8.78 Å². The number of aromatic nitrogens is 1. The molecule has 0 atom stereocenters. The molecule has 0 saturated carbocycles. The minimum Gasteiger partial charge on any atom is -0.326 e. The van der Waals surface area contributed by atoms with E-state index in [4.69, 9.17) is 22.6 Å². The molecule has 74 valence electrons. The van der Waals surface area contributed by atoms with E-state index < -0.39 is 12.0 Å². The van der Waals surface area contributed by atoms with Crippen LogP contribution in [0.5, 0.6) is 0 Å². The Morgan fingerprint density at radius 3 is 2.71 bits per heavy atom. The lowest BCUT2D eigenvalue weighted by atomic mass is 10.1. The zero-order valence-electron chi connectivity index (χ0n) is 6.97. The van der Waals surface area contributed by atoms with Crippen molar-refractivity contribution in [2.45, 2.75) is 13.0 Å². The molecule has 0 spiro atoms. The van der Waals surface area contributed by atoms with Gasteiger partial charge in [0.05, 0.1) is 11.1 Å². The van der Waals surface area contributed by atoms with Crippen LogP contribution < -0.4 is 5.73 Å². The summed E-state index contributed by atoms with van der Waals surface area (Å²) in [5, 5.41) is 8.31. The van der Waals surface area contributed by atoms with Gasteiger partial charge in [-0.15, -0.1) is 0 Å². The van der Waals surface area contributed by atoms with E-state index in [0.29, 0.717) is 0 Å². The number of nitriles is 1. The molecule has 6 heteroatoms. The lowest BCUT2D eigenvalue weighted by Crippen LogP contribution is -2.07. The first-order valence-electron chi connectivity index (χ1n) is 3.67. The Morgan fingerprint density at radius 1 is 1.64 bits per heavy atom. The average molecular weight is 218 g/mol. The Kier molecular flexibility index (Phi) is 3.33. The summed E-state index contributed by atoms with van der Waals surface area (Å²) in [4.78, 5) is 3.49. The molecule has 0 radical (unpaired) electrons. The third-order valence-electron chi connectivity index (χ3n) is 1.72. The van der Waals surface area contributed by atoms with E-state index >= 15 is 0 Å². The molecule has 3 nitrogen and oxygen atoms in total. The Labute approximate surface area is 84.1 Å². The summed E-state index contributed by atoms with van der Waals surface area (Å²) in [6.07, 6.45) is -1.64. The summed E-state index contributed by atoms with van der Waals surface area (Å²) < 4.78 is 25.0. The van der Waals surface area contributed by atoms with E-state index in [1.54, 1.807) is 6.07 Å². The number of pyridine rings is 1. The second-order valence-corrected chi connectivity index (χ2v) is 2.83. The van der Waals surface area contributed by atoms with Gasteiger partial charge in [0.2, 0.25) is 0 Å². The molecule has 0 saturated heterocycles. The molecule has 0 aliphatic rings. The summed E-state index contributed by atoms with van der Waals surface area (Å²) in [6, 6.07) is 1.73. The van der Waals surface area contributed by atoms with Crippen molar-refractivity contribution in [1.29, 1.82) is 5.26 Å². The molecule has 0 unspecified atom stereocenters. The topological polar surface area (TPSA) is 62.7 Å². The monoisotopic (exact) mass is 217 g/mol. The maximum Gasteiger partial charge on any atom is 0.267 e. The van der Waals surface area contributed by atoms with Gasteiger partial charge < -0.3 is 5.73 Å². The summed E-state index contributed by atoms with van der Waals surface area (Å²) in [7, 11) is 0. The van der Waals surface area contributed by atoms with Gasteiger partial charge in [0.1, 0.15) is 11.2 Å². The van der Waals surface area contributed by atoms with Crippen molar-refractivity contribution in [2.24, 2.45) is 5.73 Å². The number of alkyl halides is 2. The summed E-state index contributed by atoms with van der Waals surface area (Å²) in [6.45, 7) is -0.162. The molecule has 0 amide bonds. The predicted octanol–water partition coefficient (Wildman–Crippen LogP) is 2.00. The first kappa shape index (κ1) is 10.8. The van der Waals surface area contributed by atoms with Crippen LogP contribution in [-0.4, -0.2) is 4.98 Å². The number of rotatable bonds is 2. The van der Waals surface area contributed by atoms with Crippen molar-refractivity contribution in [2.75, 3.05) is 0 Å². The molecule has 0 aliphatic heterocycles. The lowest BCUT2D eigenvalue weighted by Gasteiger charge is -2.09. The highest BCUT2D eigenvalue weighted by molar-refractivity contribution is 6.30. The summed E-state index contributed by atoms with van der Waals surface area (Å²) >= 11 is 5.48. The minimum absolute atomic E-state index is 0.0344. The van der Waals surface area contributed by atoms with Crippen molar-refractivity contribution in [3.05, 3.63) is 28.0 Å². The number of halogens is 3. The predicted molar refractivity (Wildman–Crippen MR) is 46.8 cm³/mol. The molecular weight excluding hydrogens is 212 g/mol. The second kappa shape index (κ2) is 4.31. The molecule has 1 heterocycles. The van der Waals surface area contributed by atoms with Crippen LogP contribution in [0.4, 0.5) is 8.78 Å². The Bertz CT molecular complexity index is 387. The van der Waals surface area contributed by atoms with E-state index in [1.165, 1.54) is 0 Å². The second-order valence-electron chi connectivity index (χ2n) is 2.47. The molecular formula is C8H6ClF2N3. The number of hydrogen-bond acceptors (Lipinski definition) is 3. The van der Waals surface area contributed by atoms with Crippen LogP contribution in [0.2, 0.25) is 5.15 Å². The lowest BCUT2D eigenvalue weighted by molar-refractivity contribution is 0.150. The number of hydrogen-bond donors (Lipinski definition) is 1. The highest BCUT2D eigenvalue weighted by Crippen LogP contribution is 2.30. The molecule has 1 aromatic rings. The van der Waals surface area contributed by atoms with Gasteiger partial charge in [0.25, 0.3) is 6.43 Å². The van der Waals surface area contributed by atoms with Crippen LogP contribution in [-0.2, 0) is 6.54 Å². The van der Waals surface area contributed by atoms with Gasteiger partial charge in [-0.2, -0.15) is 5.26 Å². The van der Waals surface area contributed by atoms with E-state index in [2.05, 4.69) is 4.98 Å². The standard InChI is InChI=1S/C8H6ClF2N3/c9-7-6(8(10)11)5(2-13)4(1-12)3-14-7/h3,8H,2,13H2. The first-order valence-corrected chi connectivity index (χ1v) is 4.05. The third kappa shape index (κ3) is 1.81. The van der Waals surface area contributed by atoms with Gasteiger partial charge >= 0.3 is 0 Å². The molecule has 0 fully saturated rings. The molecule has 14 heavy (non-hydrogen) atoms. The molecule has 0 aromatic carbocycles. The maximum atomic E-state index is 12.5. The van der Waals surface area contributed by atoms with Crippen LogP contribution >= 0.6 is 11.6 Å². The third-order valence-corrected chi connectivity index (χ3v) is 2.02. The average Bonchev–Trinajstić information content (AvgIpc) is 2.16. The quantitative estimate of drug-likeness (QED) is 0.771. The van der Waals surface area contributed by atoms with Gasteiger partial charge in [-0.3, -0.25) is 0 Å². The van der Waals surface area contributed by atoms with E-state index in [0.717, 1.165) is 6.20 Å². The van der Waals surface area contributed by atoms with Crippen LogP contribution in [0.15, 0.2) is 6.20 Å². The molecule has 1 rings (SSSR count).